The molecule has 0 aliphatic heterocycles. The number of aromatic nitrogens is 2. The summed E-state index contributed by atoms with van der Waals surface area (Å²) in [7, 11) is 0. The van der Waals surface area contributed by atoms with E-state index in [9.17, 15) is 4.79 Å². The Morgan fingerprint density at radius 3 is 2.79 bits per heavy atom. The van der Waals surface area contributed by atoms with Crippen LogP contribution in [-0.2, 0) is 13.0 Å². The van der Waals surface area contributed by atoms with E-state index in [2.05, 4.69) is 27.7 Å². The topological polar surface area (TPSA) is 34.9 Å². The van der Waals surface area contributed by atoms with Gasteiger partial charge in [-0.1, -0.05) is 17.7 Å². The lowest BCUT2D eigenvalue weighted by Gasteiger charge is -2.05. The molecule has 5 heteroatoms. The van der Waals surface area contributed by atoms with E-state index in [0.29, 0.717) is 17.0 Å². The van der Waals surface area contributed by atoms with Gasteiger partial charge in [0.2, 0.25) is 0 Å². The molecule has 0 radical (unpaired) electrons. The van der Waals surface area contributed by atoms with Gasteiger partial charge in [0.15, 0.2) is 5.78 Å². The van der Waals surface area contributed by atoms with Crippen molar-refractivity contribution >= 4 is 40.0 Å². The predicted octanol–water partition coefficient (Wildman–Crippen LogP) is 3.89. The summed E-state index contributed by atoms with van der Waals surface area (Å²) in [6.45, 7) is 4.72. The summed E-state index contributed by atoms with van der Waals surface area (Å²) >= 11 is 8.19. The van der Waals surface area contributed by atoms with E-state index in [1.807, 2.05) is 36.7 Å². The Bertz CT molecular complexity index is 622. The molecule has 0 saturated carbocycles. The van der Waals surface area contributed by atoms with Crippen LogP contribution >= 0.6 is 34.2 Å². The van der Waals surface area contributed by atoms with E-state index in [4.69, 9.17) is 11.6 Å². The van der Waals surface area contributed by atoms with Gasteiger partial charge in [-0.25, -0.2) is 0 Å². The van der Waals surface area contributed by atoms with Gasteiger partial charge in [-0.15, -0.1) is 0 Å². The number of hydrogen-bond donors (Lipinski definition) is 0. The lowest BCUT2D eigenvalue weighted by Crippen LogP contribution is -2.09. The van der Waals surface area contributed by atoms with Gasteiger partial charge < -0.3 is 0 Å². The number of nitrogens with zero attached hydrogens (tertiary/aromatic N) is 2. The van der Waals surface area contributed by atoms with Crippen molar-refractivity contribution in [3.63, 3.8) is 0 Å². The zero-order valence-corrected chi connectivity index (χ0v) is 13.7. The zero-order valence-electron chi connectivity index (χ0n) is 10.8. The number of ketones is 1. The molecule has 19 heavy (non-hydrogen) atoms. The minimum atomic E-state index is 0.0629. The second kappa shape index (κ2) is 6.05. The minimum absolute atomic E-state index is 0.0629. The number of carbonyl (C=O) groups is 1. The molecule has 100 valence electrons. The second-order valence-corrected chi connectivity index (χ2v) is 5.89. The maximum absolute atomic E-state index is 12.3. The van der Waals surface area contributed by atoms with Crippen molar-refractivity contribution < 1.29 is 4.79 Å². The van der Waals surface area contributed by atoms with Crippen molar-refractivity contribution in [2.45, 2.75) is 26.8 Å². The molecular weight excluding hydrogens is 375 g/mol. The molecule has 2 aromatic rings. The van der Waals surface area contributed by atoms with Crippen molar-refractivity contribution in [2.24, 2.45) is 0 Å². The van der Waals surface area contributed by atoms with Crippen LogP contribution < -0.4 is 0 Å². The van der Waals surface area contributed by atoms with E-state index in [1.165, 1.54) is 0 Å². The molecule has 0 aliphatic rings. The van der Waals surface area contributed by atoms with Gasteiger partial charge in [0.05, 0.1) is 17.1 Å². The number of hydrogen-bond acceptors (Lipinski definition) is 2. The highest BCUT2D eigenvalue weighted by atomic mass is 127. The monoisotopic (exact) mass is 388 g/mol. The second-order valence-electron chi connectivity index (χ2n) is 4.32. The van der Waals surface area contributed by atoms with Gasteiger partial charge in [0.1, 0.15) is 0 Å². The molecular formula is C14H14ClIN2O. The first-order valence-electron chi connectivity index (χ1n) is 6.03. The molecule has 0 bridgehead atoms. The first-order chi connectivity index (χ1) is 9.01. The maximum atomic E-state index is 12.3. The number of rotatable bonds is 4. The summed E-state index contributed by atoms with van der Waals surface area (Å²) in [6, 6.07) is 7.36. The van der Waals surface area contributed by atoms with Gasteiger partial charge in [0, 0.05) is 21.4 Å². The van der Waals surface area contributed by atoms with E-state index >= 15 is 0 Å². The highest BCUT2D eigenvalue weighted by Crippen LogP contribution is 2.20. The molecule has 0 unspecified atom stereocenters. The average Bonchev–Trinajstić information content (AvgIpc) is 2.72. The van der Waals surface area contributed by atoms with Crippen molar-refractivity contribution in [3.05, 3.63) is 49.8 Å². The normalized spacial score (nSPS) is 10.7. The fourth-order valence-electron chi connectivity index (χ4n) is 1.95. The maximum Gasteiger partial charge on any atom is 0.168 e. The summed E-state index contributed by atoms with van der Waals surface area (Å²) in [5, 5.41) is 4.96. The molecule has 0 atom stereocenters. The Kier molecular flexibility index (Phi) is 4.62. The van der Waals surface area contributed by atoms with Crippen molar-refractivity contribution in [2.75, 3.05) is 0 Å². The molecule has 0 saturated heterocycles. The number of aryl methyl sites for hydroxylation is 2. The highest BCUT2D eigenvalue weighted by molar-refractivity contribution is 14.1. The van der Waals surface area contributed by atoms with Crippen LogP contribution in [0.25, 0.3) is 0 Å². The highest BCUT2D eigenvalue weighted by Gasteiger charge is 2.12. The summed E-state index contributed by atoms with van der Waals surface area (Å²) in [6.07, 6.45) is 0.353. The van der Waals surface area contributed by atoms with Crippen LogP contribution in [0.5, 0.6) is 0 Å². The third-order valence-corrected chi connectivity index (χ3v) is 4.44. The van der Waals surface area contributed by atoms with Crippen molar-refractivity contribution in [1.82, 2.24) is 9.78 Å². The molecule has 2 rings (SSSR count). The zero-order chi connectivity index (χ0) is 14.0. The summed E-state index contributed by atoms with van der Waals surface area (Å²) in [4.78, 5) is 12.3. The quantitative estimate of drug-likeness (QED) is 0.588. The number of halogens is 2. The molecule has 0 N–H and O–H groups in total. The molecule has 0 fully saturated rings. The fraction of sp³-hybridized carbons (Fsp3) is 0.286. The SMILES string of the molecule is CCn1nc(C)cc1CC(=O)c1ccc(I)c(Cl)c1. The molecule has 0 amide bonds. The van der Waals surface area contributed by atoms with E-state index < -0.39 is 0 Å². The van der Waals surface area contributed by atoms with Crippen LogP contribution in [0.3, 0.4) is 0 Å². The standard InChI is InChI=1S/C14H14ClIN2O/c1-3-18-11(6-9(2)17-18)8-14(19)10-4-5-13(16)12(15)7-10/h4-7H,3,8H2,1-2H3. The van der Waals surface area contributed by atoms with Crippen LogP contribution in [0.4, 0.5) is 0 Å². The summed E-state index contributed by atoms with van der Waals surface area (Å²) < 4.78 is 2.81. The molecule has 0 spiro atoms. The Morgan fingerprint density at radius 1 is 1.42 bits per heavy atom. The largest absolute Gasteiger partial charge is 0.294 e. The number of Topliss-reactive ketones (excluding diaryl/α,β-unsaturated/α-hetero) is 1. The lowest BCUT2D eigenvalue weighted by atomic mass is 10.1. The first kappa shape index (κ1) is 14.5. The molecule has 1 heterocycles. The molecule has 1 aromatic heterocycles. The van der Waals surface area contributed by atoms with Crippen LogP contribution in [-0.4, -0.2) is 15.6 Å². The van der Waals surface area contributed by atoms with E-state index in [0.717, 1.165) is 21.5 Å². The van der Waals surface area contributed by atoms with Gasteiger partial charge in [-0.3, -0.25) is 9.48 Å². The summed E-state index contributed by atoms with van der Waals surface area (Å²) in [5.41, 5.74) is 2.52. The van der Waals surface area contributed by atoms with Gasteiger partial charge >= 0.3 is 0 Å². The molecule has 3 nitrogen and oxygen atoms in total. The molecule has 1 aromatic carbocycles. The number of carbonyl (C=O) groups excluding carboxylic acids is 1. The smallest absolute Gasteiger partial charge is 0.168 e. The van der Waals surface area contributed by atoms with Crippen LogP contribution in [0.15, 0.2) is 24.3 Å². The Balaban J connectivity index is 2.22. The van der Waals surface area contributed by atoms with Crippen LogP contribution in [0.1, 0.15) is 28.7 Å². The Labute approximate surface area is 131 Å². The minimum Gasteiger partial charge on any atom is -0.294 e. The van der Waals surface area contributed by atoms with Crippen molar-refractivity contribution in [1.29, 1.82) is 0 Å². The predicted molar refractivity (Wildman–Crippen MR) is 84.8 cm³/mol. The third kappa shape index (κ3) is 3.36. The molecule has 0 aliphatic carbocycles. The van der Waals surface area contributed by atoms with Gasteiger partial charge in [0.25, 0.3) is 0 Å². The summed E-state index contributed by atoms with van der Waals surface area (Å²) in [5.74, 6) is 0.0629. The first-order valence-corrected chi connectivity index (χ1v) is 7.48. The Hall–Kier alpha value is -0.880. The lowest BCUT2D eigenvalue weighted by molar-refractivity contribution is 0.0990. The average molecular weight is 389 g/mol. The van der Waals surface area contributed by atoms with Crippen LogP contribution in [0.2, 0.25) is 5.02 Å². The van der Waals surface area contributed by atoms with Crippen LogP contribution in [0, 0.1) is 10.5 Å². The van der Waals surface area contributed by atoms with E-state index in [1.54, 1.807) is 6.07 Å². The Morgan fingerprint density at radius 2 is 2.16 bits per heavy atom. The fourth-order valence-corrected chi connectivity index (χ4v) is 2.47. The van der Waals surface area contributed by atoms with E-state index in [-0.39, 0.29) is 5.78 Å². The van der Waals surface area contributed by atoms with Crippen molar-refractivity contribution in [3.8, 4) is 0 Å². The van der Waals surface area contributed by atoms with Gasteiger partial charge in [-0.05, 0) is 54.6 Å². The third-order valence-electron chi connectivity index (χ3n) is 2.87. The number of benzene rings is 1. The van der Waals surface area contributed by atoms with Gasteiger partial charge in [-0.2, -0.15) is 5.10 Å².